The van der Waals surface area contributed by atoms with Gasteiger partial charge < -0.3 is 15.4 Å². The summed E-state index contributed by atoms with van der Waals surface area (Å²) < 4.78 is 122. The maximum Gasteiger partial charge on any atom is 0.405 e. The molecule has 0 aliphatic rings. The highest BCUT2D eigenvalue weighted by Crippen LogP contribution is 2.36. The number of rotatable bonds is 6. The third-order valence-electron chi connectivity index (χ3n) is 4.31. The Labute approximate surface area is 195 Å². The molecule has 180 valence electrons. The van der Waals surface area contributed by atoms with Gasteiger partial charge in [0.2, 0.25) is 0 Å². The van der Waals surface area contributed by atoms with Gasteiger partial charge in [-0.15, -0.1) is 11.3 Å². The Morgan fingerprint density at radius 2 is 1.71 bits per heavy atom. The Morgan fingerprint density at radius 1 is 1.03 bits per heavy atom. The molecule has 0 aliphatic heterocycles. The van der Waals surface area contributed by atoms with Gasteiger partial charge in [0.15, 0.2) is 23.3 Å². The van der Waals surface area contributed by atoms with Crippen LogP contribution in [0.1, 0.15) is 24.1 Å². The zero-order valence-corrected chi connectivity index (χ0v) is 17.3. The third-order valence-corrected chi connectivity index (χ3v) is 5.22. The molecule has 0 saturated carbocycles. The number of hydrogen-bond donors (Lipinski definition) is 2. The maximum absolute atomic E-state index is 14.8. The lowest BCUT2D eigenvalue weighted by molar-refractivity contribution is -0.123. The largest absolute Gasteiger partial charge is 0.497 e. The topological polar surface area (TPSA) is 67.4 Å². The van der Waals surface area contributed by atoms with Crippen molar-refractivity contribution in [2.75, 3.05) is 18.9 Å². The number of amides is 2. The molecular weight excluding hydrogens is 493 g/mol. The molecule has 34 heavy (non-hydrogen) atoms. The molecule has 0 atom stereocenters. The number of anilines is 1. The fourth-order valence-corrected chi connectivity index (χ4v) is 3.62. The van der Waals surface area contributed by atoms with E-state index in [1.165, 1.54) is 5.32 Å². The van der Waals surface area contributed by atoms with Gasteiger partial charge in [-0.05, 0) is 29.1 Å². The smallest absolute Gasteiger partial charge is 0.405 e. The van der Waals surface area contributed by atoms with E-state index >= 15 is 0 Å². The average molecular weight is 509 g/mol. The summed E-state index contributed by atoms with van der Waals surface area (Å²) >= 11 is 0.539. The summed E-state index contributed by atoms with van der Waals surface area (Å²) in [5, 5.41) is 4.24. The Hall–Kier alpha value is -3.61. The van der Waals surface area contributed by atoms with Crippen molar-refractivity contribution in [1.82, 2.24) is 5.32 Å². The summed E-state index contributed by atoms with van der Waals surface area (Å²) in [4.78, 5) is 24.0. The second kappa shape index (κ2) is 9.71. The highest BCUT2D eigenvalue weighted by Gasteiger charge is 2.31. The van der Waals surface area contributed by atoms with E-state index in [1.54, 1.807) is 5.32 Å². The van der Waals surface area contributed by atoms with Crippen LogP contribution in [0.25, 0.3) is 11.1 Å². The normalized spacial score (nSPS) is 13.0. The predicted molar refractivity (Wildman–Crippen MR) is 109 cm³/mol. The SMILES string of the molecule is [2H]C([2H])([2H])Oc1cccc(-c2c(F)c(F)c(NC(=O)c3ccsc3C(=O)NCC(F)(F)F)c(F)c2F)c1. The van der Waals surface area contributed by atoms with Crippen molar-refractivity contribution < 1.29 is 49.2 Å². The number of carbonyl (C=O) groups is 2. The fraction of sp³-hybridized carbons (Fsp3) is 0.143. The second-order valence-electron chi connectivity index (χ2n) is 6.55. The molecule has 1 aromatic heterocycles. The molecule has 5 nitrogen and oxygen atoms in total. The first-order chi connectivity index (χ1) is 17.1. The van der Waals surface area contributed by atoms with Crippen LogP contribution in [0.4, 0.5) is 36.4 Å². The summed E-state index contributed by atoms with van der Waals surface area (Å²) in [6.07, 6.45) is -4.75. The predicted octanol–water partition coefficient (Wildman–Crippen LogP) is 5.52. The van der Waals surface area contributed by atoms with E-state index in [-0.39, 0.29) is 5.75 Å². The average Bonchev–Trinajstić information content (AvgIpc) is 3.28. The van der Waals surface area contributed by atoms with Crippen LogP contribution in [-0.4, -0.2) is 31.6 Å². The van der Waals surface area contributed by atoms with Gasteiger partial charge in [0, 0.05) is 0 Å². The molecule has 3 rings (SSSR count). The number of halogens is 7. The van der Waals surface area contributed by atoms with E-state index < -0.39 is 82.1 Å². The Bertz CT molecular complexity index is 1330. The van der Waals surface area contributed by atoms with Crippen LogP contribution in [0.3, 0.4) is 0 Å². The first kappa shape index (κ1) is 21.0. The monoisotopic (exact) mass is 509 g/mol. The molecule has 13 heteroatoms. The lowest BCUT2D eigenvalue weighted by atomic mass is 10.0. The minimum absolute atomic E-state index is 0.386. The van der Waals surface area contributed by atoms with Gasteiger partial charge in [-0.25, -0.2) is 17.6 Å². The molecule has 0 unspecified atom stereocenters. The van der Waals surface area contributed by atoms with Gasteiger partial charge in [0.25, 0.3) is 11.8 Å². The third kappa shape index (κ3) is 5.14. The molecule has 2 aromatic carbocycles. The number of carbonyl (C=O) groups excluding carboxylic acids is 2. The zero-order chi connectivity index (χ0) is 27.7. The number of ether oxygens (including phenoxy) is 1. The summed E-state index contributed by atoms with van der Waals surface area (Å²) in [5.74, 6) is -11.1. The lowest BCUT2D eigenvalue weighted by Crippen LogP contribution is -2.34. The number of alkyl halides is 3. The van der Waals surface area contributed by atoms with Crippen LogP contribution < -0.4 is 15.4 Å². The van der Waals surface area contributed by atoms with E-state index in [0.717, 1.165) is 35.7 Å². The first-order valence-electron chi connectivity index (χ1n) is 10.5. The zero-order valence-electron chi connectivity index (χ0n) is 19.4. The number of nitrogens with one attached hydrogen (secondary N) is 2. The van der Waals surface area contributed by atoms with Crippen molar-refractivity contribution in [3.05, 3.63) is 69.4 Å². The van der Waals surface area contributed by atoms with Crippen LogP contribution >= 0.6 is 11.3 Å². The molecular formula is C21H13F7N2O3S. The maximum atomic E-state index is 14.8. The Balaban J connectivity index is 1.94. The number of thiophene rings is 1. The van der Waals surface area contributed by atoms with E-state index in [1.807, 2.05) is 0 Å². The summed E-state index contributed by atoms with van der Waals surface area (Å²) in [5.41, 5.74) is -3.89. The van der Waals surface area contributed by atoms with E-state index in [2.05, 4.69) is 4.74 Å². The van der Waals surface area contributed by atoms with Gasteiger partial charge in [-0.3, -0.25) is 9.59 Å². The van der Waals surface area contributed by atoms with Crippen LogP contribution in [0.15, 0.2) is 35.7 Å². The van der Waals surface area contributed by atoms with Gasteiger partial charge in [-0.2, -0.15) is 13.2 Å². The van der Waals surface area contributed by atoms with Gasteiger partial charge in [0.05, 0.1) is 22.3 Å². The van der Waals surface area contributed by atoms with Crippen LogP contribution in [0.2, 0.25) is 0 Å². The molecule has 2 amide bonds. The van der Waals surface area contributed by atoms with Crippen molar-refractivity contribution >= 4 is 28.8 Å². The fourth-order valence-electron chi connectivity index (χ4n) is 2.82. The van der Waals surface area contributed by atoms with E-state index in [0.29, 0.717) is 11.3 Å². The van der Waals surface area contributed by atoms with Crippen LogP contribution in [0, 0.1) is 23.3 Å². The van der Waals surface area contributed by atoms with Crippen molar-refractivity contribution in [3.63, 3.8) is 0 Å². The number of methoxy groups -OCH3 is 1. The summed E-state index contributed by atoms with van der Waals surface area (Å²) in [6.45, 7) is -1.72. The molecule has 1 heterocycles. The highest BCUT2D eigenvalue weighted by atomic mass is 32.1. The minimum atomic E-state index is -4.75. The number of benzene rings is 2. The van der Waals surface area contributed by atoms with Crippen molar-refractivity contribution in [2.24, 2.45) is 0 Å². The Kier molecular flexibility index (Phi) is 5.99. The quantitative estimate of drug-likeness (QED) is 0.340. The van der Waals surface area contributed by atoms with Crippen molar-refractivity contribution in [1.29, 1.82) is 0 Å². The van der Waals surface area contributed by atoms with Gasteiger partial charge >= 0.3 is 6.18 Å². The minimum Gasteiger partial charge on any atom is -0.497 e. The van der Waals surface area contributed by atoms with Gasteiger partial charge in [0.1, 0.15) is 22.9 Å². The molecule has 2 N–H and O–H groups in total. The molecule has 0 radical (unpaired) electrons. The molecule has 0 saturated heterocycles. The summed E-state index contributed by atoms with van der Waals surface area (Å²) in [6, 6.07) is 5.03. The molecule has 3 aromatic rings. The molecule has 0 bridgehead atoms. The van der Waals surface area contributed by atoms with Crippen LogP contribution in [-0.2, 0) is 0 Å². The lowest BCUT2D eigenvalue weighted by Gasteiger charge is -2.14. The van der Waals surface area contributed by atoms with Crippen LogP contribution in [0.5, 0.6) is 5.75 Å². The van der Waals surface area contributed by atoms with Gasteiger partial charge in [-0.1, -0.05) is 12.1 Å². The molecule has 0 spiro atoms. The second-order valence-corrected chi connectivity index (χ2v) is 7.47. The standard InChI is InChI=1S/C21H13F7N2O3S/c1-33-10-4-2-3-9(7-10)12-13(22)15(24)17(16(25)14(12)23)30-19(31)11-5-6-34-18(11)20(32)29-8-21(26,27)28/h2-7H,8H2,1H3,(H,29,32)(H,30,31)/i1D3. The van der Waals surface area contributed by atoms with Crippen molar-refractivity contribution in [3.8, 4) is 16.9 Å². The molecule has 0 aliphatic carbocycles. The Morgan fingerprint density at radius 3 is 2.32 bits per heavy atom. The van der Waals surface area contributed by atoms with E-state index in [4.69, 9.17) is 4.11 Å². The summed E-state index contributed by atoms with van der Waals surface area (Å²) in [7, 11) is -2.93. The van der Waals surface area contributed by atoms with E-state index in [9.17, 15) is 40.3 Å². The first-order valence-corrected chi connectivity index (χ1v) is 9.86. The number of hydrogen-bond acceptors (Lipinski definition) is 4. The van der Waals surface area contributed by atoms with Crippen molar-refractivity contribution in [2.45, 2.75) is 6.18 Å². The highest BCUT2D eigenvalue weighted by molar-refractivity contribution is 7.12. The molecule has 0 fully saturated rings.